The van der Waals surface area contributed by atoms with Gasteiger partial charge in [0.2, 0.25) is 0 Å². The molecule has 0 aliphatic carbocycles. The van der Waals surface area contributed by atoms with Crippen LogP contribution in [0.3, 0.4) is 0 Å². The number of benzene rings is 2. The highest BCUT2D eigenvalue weighted by Gasteiger charge is 2.20. The fraction of sp³-hybridized carbons (Fsp3) is 0.300. The van der Waals surface area contributed by atoms with E-state index in [2.05, 4.69) is 37.5 Å². The maximum Gasteiger partial charge on any atom is 0.148 e. The number of fused-ring (bicyclic) bond motifs is 1. The molecular weight excluding hydrogens is 287 g/mol. The summed E-state index contributed by atoms with van der Waals surface area (Å²) in [5, 5.41) is 1.08. The topological polar surface area (TPSA) is 30.9 Å². The number of halogens is 1. The molecule has 2 nitrogen and oxygen atoms in total. The van der Waals surface area contributed by atoms with Crippen molar-refractivity contribution < 1.29 is 4.39 Å². The lowest BCUT2D eigenvalue weighted by Crippen LogP contribution is -2.07. The van der Waals surface area contributed by atoms with Crippen molar-refractivity contribution in [3.8, 4) is 0 Å². The van der Waals surface area contributed by atoms with Gasteiger partial charge in [0, 0.05) is 23.7 Å². The fourth-order valence-electron chi connectivity index (χ4n) is 3.44. The SMILES string of the molecule is CCc1c(C(C)C)n(Cc2ccccc2)c2cc(F)c(N)cc12. The molecule has 2 aromatic carbocycles. The maximum absolute atomic E-state index is 14.1. The molecule has 0 radical (unpaired) electrons. The van der Waals surface area contributed by atoms with Crippen LogP contribution in [0.4, 0.5) is 10.1 Å². The van der Waals surface area contributed by atoms with Crippen molar-refractivity contribution in [2.24, 2.45) is 0 Å². The van der Waals surface area contributed by atoms with Crippen LogP contribution in [0.1, 0.15) is 43.5 Å². The average molecular weight is 310 g/mol. The van der Waals surface area contributed by atoms with Crippen molar-refractivity contribution in [2.45, 2.75) is 39.7 Å². The highest BCUT2D eigenvalue weighted by molar-refractivity contribution is 5.88. The third-order valence-corrected chi connectivity index (χ3v) is 4.41. The van der Waals surface area contributed by atoms with Crippen LogP contribution in [0.2, 0.25) is 0 Å². The summed E-state index contributed by atoms with van der Waals surface area (Å²) in [6, 6.07) is 13.7. The molecule has 0 aliphatic heterocycles. The molecule has 0 unspecified atom stereocenters. The standard InChI is InChI=1S/C20H23FN2/c1-4-15-16-10-18(22)17(21)11-19(16)23(20(15)13(2)3)12-14-8-6-5-7-9-14/h5-11,13H,4,12,22H2,1-3H3. The monoisotopic (exact) mass is 310 g/mol. The molecule has 0 saturated carbocycles. The van der Waals surface area contributed by atoms with Crippen molar-refractivity contribution in [1.29, 1.82) is 0 Å². The van der Waals surface area contributed by atoms with E-state index in [1.807, 2.05) is 18.2 Å². The quantitative estimate of drug-likeness (QED) is 0.668. The molecule has 0 atom stereocenters. The maximum atomic E-state index is 14.1. The number of anilines is 1. The first-order valence-corrected chi connectivity index (χ1v) is 8.16. The zero-order chi connectivity index (χ0) is 16.6. The molecule has 0 saturated heterocycles. The van der Waals surface area contributed by atoms with Gasteiger partial charge >= 0.3 is 0 Å². The summed E-state index contributed by atoms with van der Waals surface area (Å²) in [7, 11) is 0. The summed E-state index contributed by atoms with van der Waals surface area (Å²) in [5.41, 5.74) is 10.7. The predicted molar refractivity (Wildman–Crippen MR) is 95.3 cm³/mol. The first-order chi connectivity index (χ1) is 11.0. The van der Waals surface area contributed by atoms with Crippen molar-refractivity contribution in [1.82, 2.24) is 4.57 Å². The van der Waals surface area contributed by atoms with Crippen LogP contribution in [0.15, 0.2) is 42.5 Å². The Hall–Kier alpha value is -2.29. The van der Waals surface area contributed by atoms with E-state index in [-0.39, 0.29) is 11.5 Å². The second-order valence-corrected chi connectivity index (χ2v) is 6.33. The summed E-state index contributed by atoms with van der Waals surface area (Å²) in [6.07, 6.45) is 0.914. The third-order valence-electron chi connectivity index (χ3n) is 4.41. The Morgan fingerprint density at radius 1 is 1.13 bits per heavy atom. The molecule has 2 N–H and O–H groups in total. The molecule has 3 aromatic rings. The van der Waals surface area contributed by atoms with Crippen LogP contribution in [0.5, 0.6) is 0 Å². The Balaban J connectivity index is 2.29. The van der Waals surface area contributed by atoms with Crippen molar-refractivity contribution in [3.63, 3.8) is 0 Å². The number of nitrogens with zero attached hydrogens (tertiary/aromatic N) is 1. The lowest BCUT2D eigenvalue weighted by molar-refractivity contribution is 0.632. The molecule has 3 heteroatoms. The van der Waals surface area contributed by atoms with E-state index in [4.69, 9.17) is 5.73 Å². The van der Waals surface area contributed by atoms with Gasteiger partial charge in [0.1, 0.15) is 5.82 Å². The number of aryl methyl sites for hydroxylation is 1. The number of hydrogen-bond donors (Lipinski definition) is 1. The lowest BCUT2D eigenvalue weighted by Gasteiger charge is -2.15. The number of aromatic nitrogens is 1. The Kier molecular flexibility index (Phi) is 4.12. The van der Waals surface area contributed by atoms with E-state index < -0.39 is 0 Å². The molecule has 0 spiro atoms. The molecule has 0 fully saturated rings. The Morgan fingerprint density at radius 2 is 1.83 bits per heavy atom. The van der Waals surface area contributed by atoms with E-state index in [1.165, 1.54) is 16.8 Å². The van der Waals surface area contributed by atoms with Crippen molar-refractivity contribution in [2.75, 3.05) is 5.73 Å². The molecule has 23 heavy (non-hydrogen) atoms. The van der Waals surface area contributed by atoms with Gasteiger partial charge in [-0.05, 0) is 29.5 Å². The minimum atomic E-state index is -0.345. The summed E-state index contributed by atoms with van der Waals surface area (Å²) in [6.45, 7) is 7.27. The smallest absolute Gasteiger partial charge is 0.148 e. The predicted octanol–water partition coefficient (Wildman–Crippen LogP) is 5.10. The largest absolute Gasteiger partial charge is 0.396 e. The van der Waals surface area contributed by atoms with Crippen LogP contribution >= 0.6 is 0 Å². The van der Waals surface area contributed by atoms with Gasteiger partial charge in [-0.2, -0.15) is 0 Å². The number of hydrogen-bond acceptors (Lipinski definition) is 1. The first kappa shape index (κ1) is 15.6. The normalized spacial score (nSPS) is 11.5. The number of nitrogens with two attached hydrogens (primary N) is 1. The van der Waals surface area contributed by atoms with Gasteiger partial charge < -0.3 is 10.3 Å². The Labute approximate surface area is 136 Å². The zero-order valence-electron chi connectivity index (χ0n) is 13.9. The molecule has 0 bridgehead atoms. The molecular formula is C20H23FN2. The van der Waals surface area contributed by atoms with Crippen molar-refractivity contribution >= 4 is 16.6 Å². The lowest BCUT2D eigenvalue weighted by atomic mass is 10.0. The second-order valence-electron chi connectivity index (χ2n) is 6.33. The van der Waals surface area contributed by atoms with Crippen molar-refractivity contribution in [3.05, 3.63) is 65.1 Å². The third kappa shape index (κ3) is 2.72. The molecule has 120 valence electrons. The first-order valence-electron chi connectivity index (χ1n) is 8.16. The van der Waals surface area contributed by atoms with E-state index in [1.54, 1.807) is 12.1 Å². The molecule has 0 amide bonds. The van der Waals surface area contributed by atoms with Crippen LogP contribution in [-0.4, -0.2) is 4.57 Å². The number of nitrogen functional groups attached to an aromatic ring is 1. The van der Waals surface area contributed by atoms with Gasteiger partial charge in [0.15, 0.2) is 0 Å². The van der Waals surface area contributed by atoms with E-state index >= 15 is 0 Å². The van der Waals surface area contributed by atoms with Gasteiger partial charge in [-0.15, -0.1) is 0 Å². The summed E-state index contributed by atoms with van der Waals surface area (Å²) < 4.78 is 16.3. The molecule has 1 aromatic heterocycles. The van der Waals surface area contributed by atoms with Crippen LogP contribution < -0.4 is 5.73 Å². The Bertz CT molecular complexity index is 832. The highest BCUT2D eigenvalue weighted by atomic mass is 19.1. The van der Waals surface area contributed by atoms with Crippen LogP contribution in [0.25, 0.3) is 10.9 Å². The average Bonchev–Trinajstić information content (AvgIpc) is 2.82. The van der Waals surface area contributed by atoms with Crippen LogP contribution in [0, 0.1) is 5.82 Å². The van der Waals surface area contributed by atoms with Gasteiger partial charge in [0.05, 0.1) is 11.2 Å². The highest BCUT2D eigenvalue weighted by Crippen LogP contribution is 2.34. The van der Waals surface area contributed by atoms with Gasteiger partial charge in [0.25, 0.3) is 0 Å². The fourth-order valence-corrected chi connectivity index (χ4v) is 3.44. The summed E-state index contributed by atoms with van der Waals surface area (Å²) in [4.78, 5) is 0. The van der Waals surface area contributed by atoms with Gasteiger partial charge in [-0.25, -0.2) is 4.39 Å². The van der Waals surface area contributed by atoms with E-state index in [0.29, 0.717) is 5.92 Å². The summed E-state index contributed by atoms with van der Waals surface area (Å²) >= 11 is 0. The zero-order valence-corrected chi connectivity index (χ0v) is 13.9. The molecule has 0 aliphatic rings. The minimum absolute atomic E-state index is 0.222. The number of rotatable bonds is 4. The minimum Gasteiger partial charge on any atom is -0.396 e. The van der Waals surface area contributed by atoms with E-state index in [0.717, 1.165) is 23.9 Å². The van der Waals surface area contributed by atoms with Gasteiger partial charge in [-0.3, -0.25) is 0 Å². The molecule has 1 heterocycles. The second kappa shape index (κ2) is 6.07. The van der Waals surface area contributed by atoms with Gasteiger partial charge in [-0.1, -0.05) is 51.1 Å². The molecule has 3 rings (SSSR count). The van der Waals surface area contributed by atoms with Crippen LogP contribution in [-0.2, 0) is 13.0 Å². The Morgan fingerprint density at radius 3 is 2.43 bits per heavy atom. The van der Waals surface area contributed by atoms with E-state index in [9.17, 15) is 4.39 Å². The summed E-state index contributed by atoms with van der Waals surface area (Å²) in [5.74, 6) is 0.0209.